The van der Waals surface area contributed by atoms with Crippen molar-refractivity contribution in [1.82, 2.24) is 10.2 Å². The second kappa shape index (κ2) is 7.08. The highest BCUT2D eigenvalue weighted by Crippen LogP contribution is 2.17. The average Bonchev–Trinajstić information content (AvgIpc) is 2.45. The topological polar surface area (TPSA) is 78.7 Å². The first-order chi connectivity index (χ1) is 10.0. The minimum atomic E-state index is -0.788. The Kier molecular flexibility index (Phi) is 5.16. The molecule has 6 nitrogen and oxygen atoms in total. The van der Waals surface area contributed by atoms with Crippen molar-refractivity contribution in [1.29, 1.82) is 0 Å². The molecule has 2 rings (SSSR count). The van der Waals surface area contributed by atoms with Gasteiger partial charge in [-0.15, -0.1) is 0 Å². The van der Waals surface area contributed by atoms with E-state index in [9.17, 15) is 9.59 Å². The van der Waals surface area contributed by atoms with Gasteiger partial charge in [0.2, 0.25) is 5.91 Å². The summed E-state index contributed by atoms with van der Waals surface area (Å²) >= 11 is 0. The summed E-state index contributed by atoms with van der Waals surface area (Å²) in [4.78, 5) is 26.5. The van der Waals surface area contributed by atoms with Crippen LogP contribution in [-0.4, -0.2) is 49.6 Å². The Labute approximate surface area is 124 Å². The molecule has 0 atom stereocenters. The van der Waals surface area contributed by atoms with Crippen molar-refractivity contribution in [3.8, 4) is 0 Å². The van der Waals surface area contributed by atoms with E-state index in [1.54, 1.807) is 0 Å². The van der Waals surface area contributed by atoms with Crippen LogP contribution in [0.2, 0.25) is 0 Å². The van der Waals surface area contributed by atoms with Crippen LogP contribution in [0.5, 0.6) is 0 Å². The number of nitrogens with two attached hydrogens (primary N) is 1. The fourth-order valence-electron chi connectivity index (χ4n) is 2.51. The molecule has 1 saturated heterocycles. The lowest BCUT2D eigenvalue weighted by atomic mass is 10.2. The third-order valence-electron chi connectivity index (χ3n) is 3.66. The molecular weight excluding hydrogens is 268 g/mol. The zero-order valence-electron chi connectivity index (χ0n) is 12.3. The first-order valence-corrected chi connectivity index (χ1v) is 7.18. The van der Waals surface area contributed by atoms with Crippen molar-refractivity contribution in [3.63, 3.8) is 0 Å². The van der Waals surface area contributed by atoms with E-state index in [0.29, 0.717) is 13.0 Å². The summed E-state index contributed by atoms with van der Waals surface area (Å²) in [6.45, 7) is 6.47. The van der Waals surface area contributed by atoms with E-state index in [1.165, 1.54) is 11.3 Å². The van der Waals surface area contributed by atoms with Crippen LogP contribution in [0.15, 0.2) is 24.3 Å². The minimum Gasteiger partial charge on any atom is -0.369 e. The van der Waals surface area contributed by atoms with Crippen LogP contribution < -0.4 is 16.0 Å². The lowest BCUT2D eigenvalue weighted by Crippen LogP contribution is -2.47. The van der Waals surface area contributed by atoms with Crippen molar-refractivity contribution >= 4 is 17.6 Å². The first kappa shape index (κ1) is 15.3. The molecule has 114 valence electrons. The van der Waals surface area contributed by atoms with Crippen molar-refractivity contribution in [2.75, 3.05) is 37.6 Å². The van der Waals surface area contributed by atoms with Gasteiger partial charge in [0.15, 0.2) is 0 Å². The maximum Gasteiger partial charge on any atom is 0.318 e. The number of imide groups is 1. The molecule has 0 aliphatic carbocycles. The Morgan fingerprint density at radius 3 is 2.57 bits per heavy atom. The summed E-state index contributed by atoms with van der Waals surface area (Å²) in [6, 6.07) is 7.70. The fraction of sp³-hybridized carbons (Fsp3) is 0.467. The molecule has 1 aromatic carbocycles. The van der Waals surface area contributed by atoms with Crippen LogP contribution in [0.1, 0.15) is 12.0 Å². The van der Waals surface area contributed by atoms with Gasteiger partial charge in [0.05, 0.1) is 0 Å². The lowest BCUT2D eigenvalue weighted by Gasteiger charge is -2.36. The first-order valence-electron chi connectivity index (χ1n) is 7.18. The molecular formula is C15H22N4O2. The summed E-state index contributed by atoms with van der Waals surface area (Å²) in [5.74, 6) is -0.316. The Balaban J connectivity index is 1.76. The third kappa shape index (κ3) is 4.75. The van der Waals surface area contributed by atoms with E-state index in [2.05, 4.69) is 46.3 Å². The molecule has 0 radical (unpaired) electrons. The molecule has 3 amide bonds. The summed E-state index contributed by atoms with van der Waals surface area (Å²) in [5.41, 5.74) is 7.42. The number of urea groups is 1. The average molecular weight is 290 g/mol. The quantitative estimate of drug-likeness (QED) is 0.855. The fourth-order valence-corrected chi connectivity index (χ4v) is 2.51. The number of hydrogen-bond donors (Lipinski definition) is 2. The van der Waals surface area contributed by atoms with Crippen LogP contribution in [0.25, 0.3) is 0 Å². The van der Waals surface area contributed by atoms with E-state index in [1.807, 2.05) is 0 Å². The van der Waals surface area contributed by atoms with Gasteiger partial charge in [0, 0.05) is 44.8 Å². The van der Waals surface area contributed by atoms with Crippen molar-refractivity contribution in [2.45, 2.75) is 13.3 Å². The highest BCUT2D eigenvalue weighted by atomic mass is 16.2. The van der Waals surface area contributed by atoms with Crippen LogP contribution in [0, 0.1) is 6.92 Å². The number of carbonyl (C=O) groups excluding carboxylic acids is 2. The summed E-state index contributed by atoms with van der Waals surface area (Å²) in [7, 11) is 0. The van der Waals surface area contributed by atoms with E-state index in [-0.39, 0.29) is 5.91 Å². The third-order valence-corrected chi connectivity index (χ3v) is 3.66. The van der Waals surface area contributed by atoms with Gasteiger partial charge < -0.3 is 10.6 Å². The second-order valence-corrected chi connectivity index (χ2v) is 5.33. The van der Waals surface area contributed by atoms with Crippen LogP contribution in [0.4, 0.5) is 10.5 Å². The summed E-state index contributed by atoms with van der Waals surface area (Å²) in [5, 5.41) is 2.09. The zero-order valence-corrected chi connectivity index (χ0v) is 12.3. The minimum absolute atomic E-state index is 0.299. The second-order valence-electron chi connectivity index (χ2n) is 5.33. The Bertz CT molecular complexity index is 510. The van der Waals surface area contributed by atoms with Crippen LogP contribution in [-0.2, 0) is 4.79 Å². The number of rotatable bonds is 4. The van der Waals surface area contributed by atoms with Crippen molar-refractivity contribution in [3.05, 3.63) is 29.8 Å². The number of hydrogen-bond acceptors (Lipinski definition) is 4. The molecule has 1 heterocycles. The number of anilines is 1. The molecule has 6 heteroatoms. The number of aryl methyl sites for hydroxylation is 1. The van der Waals surface area contributed by atoms with Gasteiger partial charge in [0.25, 0.3) is 0 Å². The standard InChI is InChI=1S/C15H22N4O2/c1-12-3-2-4-13(11-12)19-9-7-18(8-10-19)6-5-14(20)17-15(16)21/h2-4,11H,5-10H2,1H3,(H3,16,17,20,21). The number of primary amides is 1. The van der Waals surface area contributed by atoms with E-state index < -0.39 is 6.03 Å². The molecule has 1 aliphatic rings. The molecule has 0 bridgehead atoms. The number of piperazine rings is 1. The highest BCUT2D eigenvalue weighted by molar-refractivity contribution is 5.93. The Hall–Kier alpha value is -2.08. The van der Waals surface area contributed by atoms with Crippen LogP contribution >= 0.6 is 0 Å². The maximum absolute atomic E-state index is 11.4. The number of nitrogens with zero attached hydrogens (tertiary/aromatic N) is 2. The van der Waals surface area contributed by atoms with Gasteiger partial charge >= 0.3 is 6.03 Å². The van der Waals surface area contributed by atoms with Crippen molar-refractivity contribution in [2.24, 2.45) is 5.73 Å². The SMILES string of the molecule is Cc1cccc(N2CCN(CCC(=O)NC(N)=O)CC2)c1. The van der Waals surface area contributed by atoms with Gasteiger partial charge in [-0.05, 0) is 24.6 Å². The monoisotopic (exact) mass is 290 g/mol. The number of nitrogens with one attached hydrogen (secondary N) is 1. The Morgan fingerprint density at radius 1 is 1.24 bits per heavy atom. The molecule has 0 aromatic heterocycles. The molecule has 1 fully saturated rings. The molecule has 1 aromatic rings. The van der Waals surface area contributed by atoms with Gasteiger partial charge in [-0.2, -0.15) is 0 Å². The number of benzene rings is 1. The number of amides is 3. The van der Waals surface area contributed by atoms with E-state index >= 15 is 0 Å². The van der Waals surface area contributed by atoms with Gasteiger partial charge in [-0.1, -0.05) is 12.1 Å². The summed E-state index contributed by atoms with van der Waals surface area (Å²) in [6.07, 6.45) is 0.299. The maximum atomic E-state index is 11.4. The molecule has 0 saturated carbocycles. The highest BCUT2D eigenvalue weighted by Gasteiger charge is 2.18. The largest absolute Gasteiger partial charge is 0.369 e. The Morgan fingerprint density at radius 2 is 1.95 bits per heavy atom. The van der Waals surface area contributed by atoms with Crippen molar-refractivity contribution < 1.29 is 9.59 Å². The number of carbonyl (C=O) groups is 2. The van der Waals surface area contributed by atoms with Gasteiger partial charge in [0.1, 0.15) is 0 Å². The predicted octanol–water partition coefficient (Wildman–Crippen LogP) is 0.702. The van der Waals surface area contributed by atoms with Gasteiger partial charge in [-0.25, -0.2) is 4.79 Å². The summed E-state index contributed by atoms with van der Waals surface area (Å²) < 4.78 is 0. The van der Waals surface area contributed by atoms with E-state index in [4.69, 9.17) is 5.73 Å². The molecule has 3 N–H and O–H groups in total. The smallest absolute Gasteiger partial charge is 0.318 e. The predicted molar refractivity (Wildman–Crippen MR) is 82.2 cm³/mol. The zero-order chi connectivity index (χ0) is 15.2. The van der Waals surface area contributed by atoms with Crippen LogP contribution in [0.3, 0.4) is 0 Å². The lowest BCUT2D eigenvalue weighted by molar-refractivity contribution is -0.120. The molecule has 21 heavy (non-hydrogen) atoms. The molecule has 0 unspecified atom stereocenters. The van der Waals surface area contributed by atoms with Gasteiger partial charge in [-0.3, -0.25) is 15.0 Å². The molecule has 1 aliphatic heterocycles. The van der Waals surface area contributed by atoms with E-state index in [0.717, 1.165) is 26.2 Å². The normalized spacial score (nSPS) is 15.8. The molecule has 0 spiro atoms.